The maximum Gasteiger partial charge on any atom is 0.249 e. The van der Waals surface area contributed by atoms with Crippen molar-refractivity contribution in [3.63, 3.8) is 0 Å². The molecule has 0 saturated heterocycles. The molecule has 2 aromatic rings. The van der Waals surface area contributed by atoms with Crippen LogP contribution in [0.3, 0.4) is 0 Å². The fourth-order valence-corrected chi connectivity index (χ4v) is 3.14. The number of likely N-dealkylation sites (N-methyl/N-ethyl adjacent to an activating group) is 1. The Hall–Kier alpha value is -1.62. The minimum atomic E-state index is -0.0962. The van der Waals surface area contributed by atoms with E-state index in [-0.39, 0.29) is 11.9 Å². The number of hydrogen-bond donors (Lipinski definition) is 0. The van der Waals surface area contributed by atoms with E-state index in [9.17, 15) is 4.79 Å². The van der Waals surface area contributed by atoms with E-state index in [1.54, 1.807) is 22.6 Å². The number of nitrogens with zero attached hydrogens (tertiary/aromatic N) is 3. The number of hydrogen-bond acceptors (Lipinski definition) is 3. The van der Waals surface area contributed by atoms with Crippen molar-refractivity contribution < 1.29 is 4.79 Å². The van der Waals surface area contributed by atoms with Gasteiger partial charge in [-0.3, -0.25) is 4.79 Å². The van der Waals surface area contributed by atoms with Crippen molar-refractivity contribution in [2.75, 3.05) is 11.9 Å². The Morgan fingerprint density at radius 3 is 3.28 bits per heavy atom. The monoisotopic (exact) mass is 261 g/mol. The lowest BCUT2D eigenvalue weighted by molar-refractivity contribution is -0.122. The van der Waals surface area contributed by atoms with Crippen molar-refractivity contribution in [3.8, 4) is 0 Å². The van der Waals surface area contributed by atoms with Gasteiger partial charge in [-0.25, -0.2) is 4.98 Å². The van der Waals surface area contributed by atoms with E-state index in [1.807, 2.05) is 34.6 Å². The van der Waals surface area contributed by atoms with Crippen LogP contribution in [0.25, 0.3) is 0 Å². The molecule has 94 valence electrons. The second-order valence-corrected chi connectivity index (χ2v) is 5.36. The van der Waals surface area contributed by atoms with Crippen LogP contribution in [0.4, 0.5) is 5.69 Å². The predicted molar refractivity (Wildman–Crippen MR) is 71.9 cm³/mol. The van der Waals surface area contributed by atoms with Gasteiger partial charge in [0.2, 0.25) is 5.91 Å². The number of aryl methyl sites for hydroxylation is 1. The zero-order valence-corrected chi connectivity index (χ0v) is 11.1. The molecule has 1 unspecified atom stereocenters. The quantitative estimate of drug-likeness (QED) is 0.833. The minimum absolute atomic E-state index is 0.0962. The van der Waals surface area contributed by atoms with Crippen molar-refractivity contribution >= 4 is 22.9 Å². The summed E-state index contributed by atoms with van der Waals surface area (Å²) in [7, 11) is 1.84. The molecule has 1 amide bonds. The van der Waals surface area contributed by atoms with Crippen molar-refractivity contribution in [2.24, 2.45) is 0 Å². The molecule has 0 saturated carbocycles. The Morgan fingerprint density at radius 2 is 2.50 bits per heavy atom. The van der Waals surface area contributed by atoms with Gasteiger partial charge in [-0.15, -0.1) is 0 Å². The molecule has 1 aliphatic heterocycles. The first kappa shape index (κ1) is 11.5. The molecule has 18 heavy (non-hydrogen) atoms. The fraction of sp³-hybridized carbons (Fsp3) is 0.385. The molecule has 0 radical (unpaired) electrons. The summed E-state index contributed by atoms with van der Waals surface area (Å²) in [6.45, 7) is 0. The van der Waals surface area contributed by atoms with E-state index in [1.165, 1.54) is 5.69 Å². The van der Waals surface area contributed by atoms with Gasteiger partial charge in [0.05, 0.1) is 12.0 Å². The van der Waals surface area contributed by atoms with Crippen LogP contribution in [0.15, 0.2) is 29.4 Å². The maximum atomic E-state index is 12.5. The van der Waals surface area contributed by atoms with Crippen LogP contribution in [0.2, 0.25) is 0 Å². The molecule has 3 rings (SSSR count). The molecule has 0 N–H and O–H groups in total. The van der Waals surface area contributed by atoms with Gasteiger partial charge in [0.1, 0.15) is 6.04 Å². The second kappa shape index (κ2) is 4.57. The lowest BCUT2D eigenvalue weighted by Gasteiger charge is -2.28. The summed E-state index contributed by atoms with van der Waals surface area (Å²) in [5.41, 5.74) is 2.13. The average Bonchev–Trinajstić information content (AvgIpc) is 3.06. The van der Waals surface area contributed by atoms with Gasteiger partial charge < -0.3 is 9.47 Å². The minimum Gasteiger partial charge on any atom is -0.322 e. The average molecular weight is 261 g/mol. The lowest BCUT2D eigenvalue weighted by Crippen LogP contribution is -2.36. The highest BCUT2D eigenvalue weighted by atomic mass is 32.1. The third-order valence-corrected chi connectivity index (χ3v) is 4.17. The summed E-state index contributed by atoms with van der Waals surface area (Å²) >= 11 is 1.61. The Kier molecular flexibility index (Phi) is 2.91. The molecule has 5 heteroatoms. The molecule has 1 aliphatic rings. The molecule has 0 fully saturated rings. The van der Waals surface area contributed by atoms with Gasteiger partial charge >= 0.3 is 0 Å². The summed E-state index contributed by atoms with van der Waals surface area (Å²) in [5.74, 6) is 0.146. The number of amides is 1. The first-order valence-corrected chi connectivity index (χ1v) is 7.02. The summed E-state index contributed by atoms with van der Waals surface area (Å²) in [6, 6.07) is 1.88. The van der Waals surface area contributed by atoms with E-state index < -0.39 is 0 Å². The third kappa shape index (κ3) is 1.84. The summed E-state index contributed by atoms with van der Waals surface area (Å²) in [6.07, 6.45) is 6.62. The van der Waals surface area contributed by atoms with Crippen LogP contribution in [-0.4, -0.2) is 22.5 Å². The van der Waals surface area contributed by atoms with Crippen molar-refractivity contribution in [3.05, 3.63) is 35.0 Å². The van der Waals surface area contributed by atoms with Gasteiger partial charge in [-0.2, -0.15) is 11.3 Å². The Balaban J connectivity index is 1.86. The van der Waals surface area contributed by atoms with Crippen LogP contribution in [0.1, 0.15) is 24.6 Å². The SMILES string of the molecule is CN(C(=O)C1CCCc2cncn21)c1ccsc1. The van der Waals surface area contributed by atoms with Crippen LogP contribution < -0.4 is 4.90 Å². The first-order valence-electron chi connectivity index (χ1n) is 6.08. The van der Waals surface area contributed by atoms with Crippen molar-refractivity contribution in [1.29, 1.82) is 0 Å². The summed E-state index contributed by atoms with van der Waals surface area (Å²) in [4.78, 5) is 18.4. The van der Waals surface area contributed by atoms with Crippen LogP contribution in [0, 0.1) is 0 Å². The highest BCUT2D eigenvalue weighted by molar-refractivity contribution is 7.08. The molecule has 0 bridgehead atoms. The molecule has 2 aromatic heterocycles. The number of thiophene rings is 1. The number of anilines is 1. The van der Waals surface area contributed by atoms with Crippen LogP contribution >= 0.6 is 11.3 Å². The molecule has 0 aromatic carbocycles. The number of carbonyl (C=O) groups is 1. The van der Waals surface area contributed by atoms with E-state index in [2.05, 4.69) is 4.98 Å². The molecule has 0 aliphatic carbocycles. The molecular weight excluding hydrogens is 246 g/mol. The normalized spacial score (nSPS) is 18.4. The summed E-state index contributed by atoms with van der Waals surface area (Å²) in [5, 5.41) is 3.98. The van der Waals surface area contributed by atoms with Crippen LogP contribution in [-0.2, 0) is 11.2 Å². The number of fused-ring (bicyclic) bond motifs is 1. The van der Waals surface area contributed by atoms with Gasteiger partial charge in [0, 0.05) is 24.3 Å². The number of aromatic nitrogens is 2. The molecule has 0 spiro atoms. The zero-order valence-electron chi connectivity index (χ0n) is 10.2. The molecular formula is C13H15N3OS. The number of imidazole rings is 1. The van der Waals surface area contributed by atoms with Crippen molar-refractivity contribution in [1.82, 2.24) is 9.55 Å². The van der Waals surface area contributed by atoms with Gasteiger partial charge in [-0.05, 0) is 30.7 Å². The van der Waals surface area contributed by atoms with E-state index in [4.69, 9.17) is 0 Å². The second-order valence-electron chi connectivity index (χ2n) is 4.58. The smallest absolute Gasteiger partial charge is 0.249 e. The highest BCUT2D eigenvalue weighted by Gasteiger charge is 2.28. The Labute approximate surface area is 110 Å². The highest BCUT2D eigenvalue weighted by Crippen LogP contribution is 2.28. The van der Waals surface area contributed by atoms with Gasteiger partial charge in [-0.1, -0.05) is 0 Å². The third-order valence-electron chi connectivity index (χ3n) is 3.50. The van der Waals surface area contributed by atoms with E-state index in [0.717, 1.165) is 24.9 Å². The topological polar surface area (TPSA) is 38.1 Å². The van der Waals surface area contributed by atoms with Crippen LogP contribution in [0.5, 0.6) is 0 Å². The largest absolute Gasteiger partial charge is 0.322 e. The maximum absolute atomic E-state index is 12.5. The fourth-order valence-electron chi connectivity index (χ4n) is 2.46. The van der Waals surface area contributed by atoms with Gasteiger partial charge in [0.25, 0.3) is 0 Å². The molecule has 4 nitrogen and oxygen atoms in total. The predicted octanol–water partition coefficient (Wildman–Crippen LogP) is 2.49. The van der Waals surface area contributed by atoms with E-state index in [0.29, 0.717) is 0 Å². The van der Waals surface area contributed by atoms with Crippen molar-refractivity contribution in [2.45, 2.75) is 25.3 Å². The first-order chi connectivity index (χ1) is 8.77. The molecule has 1 atom stereocenters. The Bertz CT molecular complexity index is 546. The van der Waals surface area contributed by atoms with E-state index >= 15 is 0 Å². The Morgan fingerprint density at radius 1 is 1.61 bits per heavy atom. The molecule has 3 heterocycles. The standard InChI is InChI=1S/C13H15N3OS/c1-15(11-5-6-18-8-11)13(17)12-4-2-3-10-7-14-9-16(10)12/h5-9,12H,2-4H2,1H3. The number of carbonyl (C=O) groups excluding carboxylic acids is 1. The number of rotatable bonds is 2. The summed E-state index contributed by atoms with van der Waals surface area (Å²) < 4.78 is 2.02. The zero-order chi connectivity index (χ0) is 12.5. The lowest BCUT2D eigenvalue weighted by atomic mass is 10.0. The van der Waals surface area contributed by atoms with Gasteiger partial charge in [0.15, 0.2) is 0 Å².